The van der Waals surface area contributed by atoms with Crippen LogP contribution in [0, 0.1) is 0 Å². The summed E-state index contributed by atoms with van der Waals surface area (Å²) in [4.78, 5) is 42.5. The quantitative estimate of drug-likeness (QED) is 0.452. The second kappa shape index (κ2) is 8.85. The highest BCUT2D eigenvalue weighted by molar-refractivity contribution is 5.94. The van der Waals surface area contributed by atoms with Gasteiger partial charge in [-0.15, -0.1) is 0 Å². The molecule has 0 aliphatic carbocycles. The number of nitrogens with zero attached hydrogens (tertiary/aromatic N) is 2. The van der Waals surface area contributed by atoms with Crippen molar-refractivity contribution >= 4 is 23.0 Å². The van der Waals surface area contributed by atoms with Crippen molar-refractivity contribution in [1.29, 1.82) is 0 Å². The first-order valence-electron chi connectivity index (χ1n) is 9.88. The molecular formula is C25H20N2O5. The first-order valence-corrected chi connectivity index (χ1v) is 9.88. The molecule has 0 saturated carbocycles. The standard InChI is InChI=1S/C25H20N2O5/c1-31-24(29)17-12-10-16(11-13-17)15-20-21(25(30)32-2)27(18-7-4-3-5-8-18)23-19(22(20)28)9-6-14-26-23/h3-14H,15H2,1-2H3. The molecule has 0 unspecified atom stereocenters. The Morgan fingerprint density at radius 3 is 2.22 bits per heavy atom. The predicted molar refractivity (Wildman–Crippen MR) is 119 cm³/mol. The van der Waals surface area contributed by atoms with E-state index in [1.807, 2.05) is 30.3 Å². The van der Waals surface area contributed by atoms with Crippen molar-refractivity contribution in [2.24, 2.45) is 0 Å². The van der Waals surface area contributed by atoms with Gasteiger partial charge in [-0.05, 0) is 42.0 Å². The van der Waals surface area contributed by atoms with Crippen LogP contribution < -0.4 is 5.43 Å². The molecule has 7 heteroatoms. The summed E-state index contributed by atoms with van der Waals surface area (Å²) in [6, 6.07) is 19.3. The van der Waals surface area contributed by atoms with Crippen LogP contribution in [0.4, 0.5) is 0 Å². The Morgan fingerprint density at radius 1 is 0.875 bits per heavy atom. The Labute approximate surface area is 183 Å². The molecule has 0 radical (unpaired) electrons. The lowest BCUT2D eigenvalue weighted by Crippen LogP contribution is -2.25. The molecule has 7 nitrogen and oxygen atoms in total. The maximum absolute atomic E-state index is 13.4. The lowest BCUT2D eigenvalue weighted by Gasteiger charge is -2.18. The molecule has 0 aliphatic heterocycles. The third-order valence-corrected chi connectivity index (χ3v) is 5.18. The Morgan fingerprint density at radius 2 is 1.56 bits per heavy atom. The SMILES string of the molecule is COC(=O)c1ccc(Cc2c(C(=O)OC)n(-c3ccccc3)c3ncccc3c2=O)cc1. The fourth-order valence-corrected chi connectivity index (χ4v) is 3.65. The lowest BCUT2D eigenvalue weighted by molar-refractivity contribution is 0.0585. The van der Waals surface area contributed by atoms with E-state index in [-0.39, 0.29) is 23.1 Å². The number of methoxy groups -OCH3 is 2. The van der Waals surface area contributed by atoms with Crippen molar-refractivity contribution in [3.63, 3.8) is 0 Å². The number of esters is 2. The maximum atomic E-state index is 13.4. The number of pyridine rings is 2. The number of carbonyl (C=O) groups is 2. The molecule has 2 aromatic heterocycles. The zero-order valence-corrected chi connectivity index (χ0v) is 17.6. The molecule has 2 aromatic carbocycles. The number of hydrogen-bond acceptors (Lipinski definition) is 6. The minimum Gasteiger partial charge on any atom is -0.465 e. The summed E-state index contributed by atoms with van der Waals surface area (Å²) in [5.41, 5.74) is 2.31. The molecule has 4 aromatic rings. The van der Waals surface area contributed by atoms with E-state index >= 15 is 0 Å². The average molecular weight is 428 g/mol. The Bertz CT molecular complexity index is 1360. The minimum absolute atomic E-state index is 0.118. The number of para-hydroxylation sites is 1. The molecule has 0 atom stereocenters. The fourth-order valence-electron chi connectivity index (χ4n) is 3.65. The minimum atomic E-state index is -0.639. The molecule has 2 heterocycles. The monoisotopic (exact) mass is 428 g/mol. The second-order valence-electron chi connectivity index (χ2n) is 7.06. The van der Waals surface area contributed by atoms with Gasteiger partial charge >= 0.3 is 11.9 Å². The van der Waals surface area contributed by atoms with Crippen molar-refractivity contribution in [3.8, 4) is 5.69 Å². The summed E-state index contributed by atoms with van der Waals surface area (Å²) < 4.78 is 11.4. The van der Waals surface area contributed by atoms with Gasteiger partial charge in [-0.25, -0.2) is 14.6 Å². The zero-order valence-electron chi connectivity index (χ0n) is 17.6. The molecule has 0 spiro atoms. The normalized spacial score (nSPS) is 10.7. The molecule has 0 N–H and O–H groups in total. The van der Waals surface area contributed by atoms with Crippen molar-refractivity contribution in [3.05, 3.63) is 106 Å². The maximum Gasteiger partial charge on any atom is 0.355 e. The first-order chi connectivity index (χ1) is 15.5. The Balaban J connectivity index is 1.98. The van der Waals surface area contributed by atoms with Crippen LogP contribution in [0.15, 0.2) is 77.7 Å². The van der Waals surface area contributed by atoms with Gasteiger partial charge in [0.05, 0.1) is 25.2 Å². The predicted octanol–water partition coefficient (Wildman–Crippen LogP) is 3.55. The van der Waals surface area contributed by atoms with Gasteiger partial charge in [0.15, 0.2) is 5.43 Å². The molecule has 0 aliphatic rings. The molecular weight excluding hydrogens is 408 g/mol. The van der Waals surface area contributed by atoms with Crippen molar-refractivity contribution in [1.82, 2.24) is 9.55 Å². The number of rotatable bonds is 5. The third-order valence-electron chi connectivity index (χ3n) is 5.18. The van der Waals surface area contributed by atoms with Crippen LogP contribution >= 0.6 is 0 Å². The van der Waals surface area contributed by atoms with E-state index in [9.17, 15) is 14.4 Å². The summed E-state index contributed by atoms with van der Waals surface area (Å²) in [6.45, 7) is 0. The molecule has 0 amide bonds. The van der Waals surface area contributed by atoms with E-state index in [0.29, 0.717) is 22.3 Å². The zero-order chi connectivity index (χ0) is 22.7. The number of hydrogen-bond donors (Lipinski definition) is 0. The molecule has 4 rings (SSSR count). The van der Waals surface area contributed by atoms with E-state index in [1.165, 1.54) is 14.2 Å². The van der Waals surface area contributed by atoms with Gasteiger partial charge in [-0.2, -0.15) is 0 Å². The van der Waals surface area contributed by atoms with Gasteiger partial charge in [0.25, 0.3) is 0 Å². The number of aromatic nitrogens is 2. The van der Waals surface area contributed by atoms with Crippen molar-refractivity contribution in [2.75, 3.05) is 14.2 Å². The van der Waals surface area contributed by atoms with Crippen LogP contribution in [0.2, 0.25) is 0 Å². The first kappa shape index (κ1) is 21.0. The van der Waals surface area contributed by atoms with Gasteiger partial charge in [-0.3, -0.25) is 9.36 Å². The topological polar surface area (TPSA) is 87.5 Å². The van der Waals surface area contributed by atoms with Crippen LogP contribution in [0.25, 0.3) is 16.7 Å². The van der Waals surface area contributed by atoms with Gasteiger partial charge in [0.2, 0.25) is 0 Å². The Kier molecular flexibility index (Phi) is 5.81. The lowest BCUT2D eigenvalue weighted by atomic mass is 9.99. The van der Waals surface area contributed by atoms with E-state index in [2.05, 4.69) is 4.98 Å². The molecule has 160 valence electrons. The van der Waals surface area contributed by atoms with E-state index in [0.717, 1.165) is 5.56 Å². The number of carbonyl (C=O) groups excluding carboxylic acids is 2. The van der Waals surface area contributed by atoms with Gasteiger partial charge in [0.1, 0.15) is 11.3 Å². The smallest absolute Gasteiger partial charge is 0.355 e. The number of fused-ring (bicyclic) bond motifs is 1. The van der Waals surface area contributed by atoms with Crippen LogP contribution in [-0.4, -0.2) is 35.7 Å². The number of ether oxygens (including phenoxy) is 2. The summed E-state index contributed by atoms with van der Waals surface area (Å²) in [7, 11) is 2.59. The van der Waals surface area contributed by atoms with E-state index in [1.54, 1.807) is 47.2 Å². The van der Waals surface area contributed by atoms with Crippen LogP contribution in [0.5, 0.6) is 0 Å². The summed E-state index contributed by atoms with van der Waals surface area (Å²) >= 11 is 0. The van der Waals surface area contributed by atoms with Crippen LogP contribution in [0.3, 0.4) is 0 Å². The average Bonchev–Trinajstić information content (AvgIpc) is 2.85. The molecule has 32 heavy (non-hydrogen) atoms. The van der Waals surface area contributed by atoms with E-state index in [4.69, 9.17) is 9.47 Å². The molecule has 0 bridgehead atoms. The van der Waals surface area contributed by atoms with Gasteiger partial charge < -0.3 is 9.47 Å². The Hall–Kier alpha value is -4.26. The van der Waals surface area contributed by atoms with Crippen molar-refractivity contribution < 1.29 is 19.1 Å². The summed E-state index contributed by atoms with van der Waals surface area (Å²) in [5.74, 6) is -1.09. The highest BCUT2D eigenvalue weighted by atomic mass is 16.5. The highest BCUT2D eigenvalue weighted by Crippen LogP contribution is 2.23. The second-order valence-corrected chi connectivity index (χ2v) is 7.06. The van der Waals surface area contributed by atoms with E-state index < -0.39 is 11.9 Å². The van der Waals surface area contributed by atoms with Gasteiger partial charge in [0, 0.05) is 23.9 Å². The van der Waals surface area contributed by atoms with Crippen LogP contribution in [-0.2, 0) is 15.9 Å². The summed E-state index contributed by atoms with van der Waals surface area (Å²) in [5, 5.41) is 0.394. The highest BCUT2D eigenvalue weighted by Gasteiger charge is 2.24. The number of benzene rings is 2. The summed E-state index contributed by atoms with van der Waals surface area (Å²) in [6.07, 6.45) is 1.75. The van der Waals surface area contributed by atoms with Crippen molar-refractivity contribution in [2.45, 2.75) is 6.42 Å². The van der Waals surface area contributed by atoms with Crippen LogP contribution in [0.1, 0.15) is 32.0 Å². The fraction of sp³-hybridized carbons (Fsp3) is 0.120. The largest absolute Gasteiger partial charge is 0.465 e. The van der Waals surface area contributed by atoms with Gasteiger partial charge in [-0.1, -0.05) is 30.3 Å². The third kappa shape index (κ3) is 3.76. The molecule has 0 fully saturated rings. The molecule has 0 saturated heterocycles.